The van der Waals surface area contributed by atoms with Crippen LogP contribution in [-0.4, -0.2) is 54.1 Å². The number of anilines is 1. The van der Waals surface area contributed by atoms with Gasteiger partial charge in [-0.3, -0.25) is 14.9 Å². The summed E-state index contributed by atoms with van der Waals surface area (Å²) in [4.78, 5) is 29.3. The number of methoxy groups -OCH3 is 1. The summed E-state index contributed by atoms with van der Waals surface area (Å²) in [6.07, 6.45) is 0.879. The number of rotatable bonds is 5. The molecule has 2 aliphatic heterocycles. The van der Waals surface area contributed by atoms with Gasteiger partial charge in [0, 0.05) is 42.7 Å². The molecule has 4 rings (SSSR count). The van der Waals surface area contributed by atoms with E-state index in [0.29, 0.717) is 46.3 Å². The van der Waals surface area contributed by atoms with Gasteiger partial charge in [0.2, 0.25) is 0 Å². The minimum absolute atomic E-state index is 0.0103. The predicted octanol–water partition coefficient (Wildman–Crippen LogP) is 4.29. The molecule has 2 heterocycles. The number of nitrogens with zero attached hydrogens (tertiary/aromatic N) is 3. The lowest BCUT2D eigenvalue weighted by Gasteiger charge is -2.47. The maximum Gasteiger partial charge on any atom is 0.302 e. The molecule has 1 unspecified atom stereocenters. The molecule has 9 heteroatoms. The van der Waals surface area contributed by atoms with Crippen LogP contribution in [0, 0.1) is 10.1 Å². The van der Waals surface area contributed by atoms with Gasteiger partial charge in [0.05, 0.1) is 22.5 Å². The Morgan fingerprint density at radius 1 is 1.19 bits per heavy atom. The molecule has 0 bridgehead atoms. The zero-order valence-corrected chi connectivity index (χ0v) is 20.3. The van der Waals surface area contributed by atoms with E-state index in [2.05, 4.69) is 48.9 Å². The number of halogens is 2. The molecule has 7 nitrogen and oxygen atoms in total. The van der Waals surface area contributed by atoms with Gasteiger partial charge in [-0.15, -0.1) is 0 Å². The molecule has 2 saturated heterocycles. The molecule has 0 aromatic heterocycles. The highest BCUT2D eigenvalue weighted by Crippen LogP contribution is 2.39. The van der Waals surface area contributed by atoms with E-state index < -0.39 is 5.54 Å². The Hall–Kier alpha value is -2.13. The summed E-state index contributed by atoms with van der Waals surface area (Å²) in [6, 6.07) is 13.7. The van der Waals surface area contributed by atoms with Crippen LogP contribution in [0.4, 0.5) is 5.69 Å². The quantitative estimate of drug-likeness (QED) is 0.408. The maximum atomic E-state index is 13.5. The first-order valence-corrected chi connectivity index (χ1v) is 11.7. The van der Waals surface area contributed by atoms with Crippen molar-refractivity contribution in [3.8, 4) is 5.75 Å². The first-order valence-electron chi connectivity index (χ1n) is 10.1. The number of para-hydroxylation sites is 1. The summed E-state index contributed by atoms with van der Waals surface area (Å²) in [5, 5.41) is 12.2. The van der Waals surface area contributed by atoms with Crippen molar-refractivity contribution in [2.24, 2.45) is 0 Å². The molecular formula is C22H23Br2N3O4. The van der Waals surface area contributed by atoms with Gasteiger partial charge in [0.1, 0.15) is 5.75 Å². The van der Waals surface area contributed by atoms with Gasteiger partial charge >= 0.3 is 11.4 Å². The van der Waals surface area contributed by atoms with Gasteiger partial charge in [-0.05, 0) is 68.1 Å². The number of hydrogen-bond donors (Lipinski definition) is 0. The molecular weight excluding hydrogens is 530 g/mol. The highest BCUT2D eigenvalue weighted by atomic mass is 79.9. The second-order valence-electron chi connectivity index (χ2n) is 8.03. The molecule has 2 fully saturated rings. The lowest BCUT2D eigenvalue weighted by molar-refractivity contribution is -0.557. The first kappa shape index (κ1) is 22.1. The second-order valence-corrected chi connectivity index (χ2v) is 9.74. The van der Waals surface area contributed by atoms with Crippen molar-refractivity contribution in [3.63, 3.8) is 0 Å². The van der Waals surface area contributed by atoms with Crippen LogP contribution in [0.1, 0.15) is 18.4 Å². The lowest BCUT2D eigenvalue weighted by Crippen LogP contribution is -2.67. The molecule has 31 heavy (non-hydrogen) atoms. The van der Waals surface area contributed by atoms with Crippen molar-refractivity contribution in [1.82, 2.24) is 4.90 Å². The fourth-order valence-electron chi connectivity index (χ4n) is 4.67. The van der Waals surface area contributed by atoms with Crippen LogP contribution in [0.3, 0.4) is 0 Å². The van der Waals surface area contributed by atoms with Crippen LogP contribution in [0.2, 0.25) is 0 Å². The molecule has 0 spiro atoms. The molecule has 2 atom stereocenters. The van der Waals surface area contributed by atoms with Gasteiger partial charge < -0.3 is 14.5 Å². The van der Waals surface area contributed by atoms with Crippen molar-refractivity contribution in [2.45, 2.75) is 30.8 Å². The highest BCUT2D eigenvalue weighted by molar-refractivity contribution is 9.11. The van der Waals surface area contributed by atoms with Crippen molar-refractivity contribution in [2.75, 3.05) is 31.6 Å². The van der Waals surface area contributed by atoms with Crippen LogP contribution in [0.25, 0.3) is 0 Å². The molecule has 2 aromatic carbocycles. The van der Waals surface area contributed by atoms with E-state index in [0.717, 1.165) is 5.69 Å². The standard InChI is InChI=1S/C22H23Br2N3O4/c1-31-20-18(23)11-15(12-19(20)24)13-22(27(29)30)8-7-17-14-25(9-10-26(17)21(22)28)16-5-3-2-4-6-16/h2-6,11-12,17H,7-10,13-14H2,1H3/t17-,22?/m0/s1. The fourth-order valence-corrected chi connectivity index (χ4v) is 6.27. The van der Waals surface area contributed by atoms with E-state index >= 15 is 0 Å². The largest absolute Gasteiger partial charge is 0.494 e. The molecule has 2 aromatic rings. The zero-order valence-electron chi connectivity index (χ0n) is 17.1. The van der Waals surface area contributed by atoms with Gasteiger partial charge in [-0.2, -0.15) is 0 Å². The number of piperazine rings is 1. The zero-order chi connectivity index (χ0) is 22.2. The van der Waals surface area contributed by atoms with E-state index in [1.165, 1.54) is 0 Å². The van der Waals surface area contributed by atoms with Crippen LogP contribution >= 0.6 is 31.9 Å². The molecule has 0 N–H and O–H groups in total. The lowest BCUT2D eigenvalue weighted by atomic mass is 9.79. The number of benzene rings is 2. The third kappa shape index (κ3) is 4.05. The Morgan fingerprint density at radius 2 is 1.87 bits per heavy atom. The van der Waals surface area contributed by atoms with E-state index in [-0.39, 0.29) is 29.7 Å². The summed E-state index contributed by atoms with van der Waals surface area (Å²) in [6.45, 7) is 1.85. The van der Waals surface area contributed by atoms with E-state index in [1.54, 1.807) is 24.1 Å². The number of ether oxygens (including phenoxy) is 1. The Labute approximate surface area is 197 Å². The van der Waals surface area contributed by atoms with Gasteiger partial charge in [-0.1, -0.05) is 18.2 Å². The molecule has 1 amide bonds. The third-order valence-electron chi connectivity index (χ3n) is 6.26. The number of amides is 1. The number of piperidine rings is 1. The van der Waals surface area contributed by atoms with Gasteiger partial charge in [0.15, 0.2) is 0 Å². The van der Waals surface area contributed by atoms with Crippen LogP contribution < -0.4 is 9.64 Å². The molecule has 0 aliphatic carbocycles. The predicted molar refractivity (Wildman–Crippen MR) is 125 cm³/mol. The third-order valence-corrected chi connectivity index (χ3v) is 7.44. The minimum atomic E-state index is -1.64. The fraction of sp³-hybridized carbons (Fsp3) is 0.409. The van der Waals surface area contributed by atoms with Crippen molar-refractivity contribution < 1.29 is 14.5 Å². The van der Waals surface area contributed by atoms with Crippen LogP contribution in [0.5, 0.6) is 5.75 Å². The monoisotopic (exact) mass is 551 g/mol. The van der Waals surface area contributed by atoms with Crippen molar-refractivity contribution >= 4 is 43.5 Å². The van der Waals surface area contributed by atoms with Crippen LogP contribution in [-0.2, 0) is 11.2 Å². The van der Waals surface area contributed by atoms with Crippen LogP contribution in [0.15, 0.2) is 51.4 Å². The molecule has 0 radical (unpaired) electrons. The highest BCUT2D eigenvalue weighted by Gasteiger charge is 2.57. The van der Waals surface area contributed by atoms with E-state index in [1.807, 2.05) is 18.2 Å². The average Bonchev–Trinajstić information content (AvgIpc) is 2.76. The molecule has 0 saturated carbocycles. The molecule has 2 aliphatic rings. The summed E-state index contributed by atoms with van der Waals surface area (Å²) in [7, 11) is 1.56. The smallest absolute Gasteiger partial charge is 0.302 e. The van der Waals surface area contributed by atoms with Crippen molar-refractivity contribution in [1.29, 1.82) is 0 Å². The van der Waals surface area contributed by atoms with Gasteiger partial charge in [0.25, 0.3) is 0 Å². The Kier molecular flexibility index (Phi) is 6.25. The van der Waals surface area contributed by atoms with E-state index in [9.17, 15) is 14.9 Å². The SMILES string of the molecule is COc1c(Br)cc(CC2([N+](=O)[O-])CC[C@H]3CN(c4ccccc4)CCN3C2=O)cc1Br. The summed E-state index contributed by atoms with van der Waals surface area (Å²) in [5.74, 6) is 0.246. The number of hydrogen-bond acceptors (Lipinski definition) is 5. The number of nitro groups is 1. The van der Waals surface area contributed by atoms with Crippen molar-refractivity contribution in [3.05, 3.63) is 67.1 Å². The maximum absolute atomic E-state index is 13.5. The number of fused-ring (bicyclic) bond motifs is 1. The Bertz CT molecular complexity index is 981. The minimum Gasteiger partial charge on any atom is -0.494 e. The summed E-state index contributed by atoms with van der Waals surface area (Å²) >= 11 is 6.90. The normalized spacial score (nSPS) is 23.5. The first-order chi connectivity index (χ1) is 14.9. The molecule has 164 valence electrons. The topological polar surface area (TPSA) is 75.9 Å². The summed E-state index contributed by atoms with van der Waals surface area (Å²) in [5.41, 5.74) is 0.193. The van der Waals surface area contributed by atoms with E-state index in [4.69, 9.17) is 4.74 Å². The number of carbonyl (C=O) groups is 1. The number of carbonyl (C=O) groups excluding carboxylic acids is 1. The average molecular weight is 553 g/mol. The Morgan fingerprint density at radius 3 is 2.48 bits per heavy atom. The Balaban J connectivity index is 1.57. The second kappa shape index (κ2) is 8.78. The summed E-state index contributed by atoms with van der Waals surface area (Å²) < 4.78 is 6.70. The van der Waals surface area contributed by atoms with Gasteiger partial charge in [-0.25, -0.2) is 0 Å².